The quantitative estimate of drug-likeness (QED) is 0.425. The maximum absolute atomic E-state index is 4.89. The molecule has 11 heavy (non-hydrogen) atoms. The number of nitrogens with zero attached hydrogens (tertiary/aromatic N) is 1. The number of rotatable bonds is 1. The van der Waals surface area contributed by atoms with Crippen molar-refractivity contribution in [1.82, 2.24) is 0 Å². The van der Waals surface area contributed by atoms with Gasteiger partial charge in [0.25, 0.3) is 0 Å². The second kappa shape index (κ2) is 6.69. The molecule has 0 saturated carbocycles. The molecule has 1 rings (SSSR count). The Hall–Kier alpha value is -0.00532. The third-order valence-electron chi connectivity index (χ3n) is 1.30. The minimum Gasteiger partial charge on any atom is -0.294 e. The zero-order valence-corrected chi connectivity index (χ0v) is 6.96. The van der Waals surface area contributed by atoms with E-state index in [0.717, 1.165) is 6.54 Å². The maximum atomic E-state index is 4.89. The van der Waals surface area contributed by atoms with E-state index >= 15 is 0 Å². The fraction of sp³-hybridized carbons (Fsp3) is 0.800. The molecule has 6 heteroatoms. The average molecular weight is 137 g/mol. The molecular weight excluding hydrogens is 128 g/mol. The van der Waals surface area contributed by atoms with Gasteiger partial charge in [-0.3, -0.25) is 4.99 Å². The standard InChI is InChI=1S/C5H9N.B5/c1-5-3-2-4-6-5;1-4-5(2)3/h2-4H2,1H3;. The van der Waals surface area contributed by atoms with Crippen LogP contribution in [0.3, 0.4) is 0 Å². The fourth-order valence-corrected chi connectivity index (χ4v) is 0.684. The molecule has 0 aromatic rings. The monoisotopic (exact) mass is 138 g/mol. The molecule has 0 aliphatic carbocycles. The van der Waals surface area contributed by atoms with Crippen molar-refractivity contribution in [2.24, 2.45) is 4.99 Å². The minimum atomic E-state index is -0.463. The predicted molar refractivity (Wildman–Crippen MR) is 56.0 cm³/mol. The predicted octanol–water partition coefficient (Wildman–Crippen LogP) is -0.663. The SMILES string of the molecule is CC1=NCCC1.[B][B]B([B])[B]. The molecule has 0 aromatic carbocycles. The summed E-state index contributed by atoms with van der Waals surface area (Å²) in [5, 5.41) is 0. The number of aliphatic imine (C=N–C) groups is 1. The van der Waals surface area contributed by atoms with Crippen LogP contribution in [-0.4, -0.2) is 48.9 Å². The van der Waals surface area contributed by atoms with Crippen LogP contribution in [-0.2, 0) is 0 Å². The third kappa shape index (κ3) is 7.90. The second-order valence-electron chi connectivity index (χ2n) is 2.49. The molecule has 49 valence electrons. The van der Waals surface area contributed by atoms with Crippen molar-refractivity contribution in [3.8, 4) is 0 Å². The Balaban J connectivity index is 0.000000187. The van der Waals surface area contributed by atoms with E-state index in [-0.39, 0.29) is 0 Å². The van der Waals surface area contributed by atoms with Gasteiger partial charge in [0.1, 0.15) is 0 Å². The van der Waals surface area contributed by atoms with Crippen LogP contribution in [0.1, 0.15) is 19.8 Å². The average Bonchev–Trinajstić information content (AvgIpc) is 2.41. The summed E-state index contributed by atoms with van der Waals surface area (Å²) >= 11 is 0. The Morgan fingerprint density at radius 2 is 2.09 bits per heavy atom. The highest BCUT2D eigenvalue weighted by molar-refractivity contribution is 7.60. The molecule has 1 nitrogen and oxygen atoms in total. The van der Waals surface area contributed by atoms with Crippen molar-refractivity contribution in [2.45, 2.75) is 19.8 Å². The Morgan fingerprint density at radius 3 is 2.18 bits per heavy atom. The van der Waals surface area contributed by atoms with Gasteiger partial charge in [0.15, 0.2) is 0 Å². The van der Waals surface area contributed by atoms with Gasteiger partial charge in [0.2, 0.25) is 0 Å². The summed E-state index contributed by atoms with van der Waals surface area (Å²) in [5.74, 6) is 0. The first-order valence-corrected chi connectivity index (χ1v) is 3.73. The van der Waals surface area contributed by atoms with Gasteiger partial charge in [0, 0.05) is 48.9 Å². The highest BCUT2D eigenvalue weighted by atomic mass is 14.7. The lowest BCUT2D eigenvalue weighted by Crippen LogP contribution is -2.23. The maximum Gasteiger partial charge on any atom is 0.0392 e. The lowest BCUT2D eigenvalue weighted by Gasteiger charge is -1.85. The van der Waals surface area contributed by atoms with Gasteiger partial charge >= 0.3 is 0 Å². The molecule has 1 aliphatic rings. The first-order valence-electron chi connectivity index (χ1n) is 3.73. The van der Waals surface area contributed by atoms with Crippen LogP contribution in [0.2, 0.25) is 0 Å². The van der Waals surface area contributed by atoms with E-state index in [2.05, 4.69) is 11.9 Å². The van der Waals surface area contributed by atoms with Gasteiger partial charge in [-0.2, -0.15) is 0 Å². The van der Waals surface area contributed by atoms with Gasteiger partial charge in [-0.1, -0.05) is 0 Å². The Bertz CT molecular complexity index is 124. The van der Waals surface area contributed by atoms with Crippen molar-refractivity contribution < 1.29 is 0 Å². The van der Waals surface area contributed by atoms with Gasteiger partial charge in [-0.05, 0) is 19.8 Å². The van der Waals surface area contributed by atoms with Crippen molar-refractivity contribution in [3.63, 3.8) is 0 Å². The summed E-state index contributed by atoms with van der Waals surface area (Å²) < 4.78 is 0. The Kier molecular flexibility index (Phi) is 6.69. The zero-order chi connectivity index (χ0) is 8.69. The summed E-state index contributed by atoms with van der Waals surface area (Å²) in [5.41, 5.74) is 1.33. The first-order chi connectivity index (χ1) is 5.16. The van der Waals surface area contributed by atoms with Crippen LogP contribution in [0.5, 0.6) is 0 Å². The highest BCUT2D eigenvalue weighted by Gasteiger charge is 1.96. The molecule has 0 atom stereocenters. The minimum absolute atomic E-state index is 0.463. The molecule has 0 amide bonds. The molecule has 0 saturated heterocycles. The summed E-state index contributed by atoms with van der Waals surface area (Å²) in [4.78, 5) is 4.15. The number of hydrogen-bond donors (Lipinski definition) is 0. The molecule has 1 aliphatic heterocycles. The van der Waals surface area contributed by atoms with Gasteiger partial charge in [-0.15, -0.1) is 0 Å². The van der Waals surface area contributed by atoms with E-state index in [4.69, 9.17) is 23.2 Å². The van der Waals surface area contributed by atoms with Crippen LogP contribution in [0, 0.1) is 0 Å². The molecule has 0 bridgehead atoms. The van der Waals surface area contributed by atoms with Gasteiger partial charge in [-0.25, -0.2) is 0 Å². The molecule has 0 N–H and O–H groups in total. The Morgan fingerprint density at radius 1 is 1.55 bits per heavy atom. The largest absolute Gasteiger partial charge is 0.294 e. The van der Waals surface area contributed by atoms with E-state index in [1.807, 2.05) is 0 Å². The first kappa shape index (κ1) is 11.0. The molecule has 0 aromatic heterocycles. The van der Waals surface area contributed by atoms with Crippen LogP contribution in [0.4, 0.5) is 0 Å². The van der Waals surface area contributed by atoms with Crippen molar-refractivity contribution in [2.75, 3.05) is 6.54 Å². The number of hydrogen-bond acceptors (Lipinski definition) is 1. The van der Waals surface area contributed by atoms with Crippen molar-refractivity contribution in [1.29, 1.82) is 0 Å². The summed E-state index contributed by atoms with van der Waals surface area (Å²) in [6, 6.07) is 0. The topological polar surface area (TPSA) is 12.4 Å². The van der Waals surface area contributed by atoms with Crippen molar-refractivity contribution >= 4 is 42.4 Å². The fourth-order valence-electron chi connectivity index (χ4n) is 0.684. The molecular formula is C5H9B5N. The molecule has 0 unspecified atom stereocenters. The smallest absolute Gasteiger partial charge is 0.0392 e. The summed E-state index contributed by atoms with van der Waals surface area (Å²) in [6.45, 7) is 3.17. The second-order valence-corrected chi connectivity index (χ2v) is 2.49. The van der Waals surface area contributed by atoms with E-state index in [9.17, 15) is 0 Å². The molecule has 0 spiro atoms. The van der Waals surface area contributed by atoms with E-state index in [0.29, 0.717) is 0 Å². The van der Waals surface area contributed by atoms with E-state index < -0.39 is 6.39 Å². The lowest BCUT2D eigenvalue weighted by atomic mass is 8.97. The van der Waals surface area contributed by atoms with Crippen LogP contribution < -0.4 is 0 Å². The zero-order valence-electron chi connectivity index (χ0n) is 6.96. The lowest BCUT2D eigenvalue weighted by molar-refractivity contribution is 0.951. The van der Waals surface area contributed by atoms with Gasteiger partial charge < -0.3 is 0 Å². The van der Waals surface area contributed by atoms with Crippen LogP contribution in [0.25, 0.3) is 0 Å². The molecule has 0 fully saturated rings. The van der Waals surface area contributed by atoms with E-state index in [1.165, 1.54) is 25.6 Å². The van der Waals surface area contributed by atoms with Crippen molar-refractivity contribution in [3.05, 3.63) is 0 Å². The normalized spacial score (nSPS) is 14.5. The summed E-state index contributed by atoms with van der Waals surface area (Å²) in [6.07, 6.45) is 2.06. The van der Waals surface area contributed by atoms with Crippen LogP contribution >= 0.6 is 0 Å². The van der Waals surface area contributed by atoms with Gasteiger partial charge in [0.05, 0.1) is 0 Å². The summed E-state index contributed by atoms with van der Waals surface area (Å²) in [7, 11) is 15.8. The highest BCUT2D eigenvalue weighted by Crippen LogP contribution is 2.00. The third-order valence-corrected chi connectivity index (χ3v) is 1.30. The van der Waals surface area contributed by atoms with Crippen LogP contribution in [0.15, 0.2) is 4.99 Å². The molecule has 1 heterocycles. The van der Waals surface area contributed by atoms with E-state index in [1.54, 1.807) is 0 Å². The Labute approximate surface area is 74.3 Å². The molecule has 7 radical (unpaired) electrons.